The number of hydrogen-bond donors (Lipinski definition) is 1. The molecule has 0 radical (unpaired) electrons. The van der Waals surface area contributed by atoms with Crippen LogP contribution in [0.25, 0.3) is 0 Å². The van der Waals surface area contributed by atoms with Crippen LogP contribution in [0.2, 0.25) is 0 Å². The van der Waals surface area contributed by atoms with Gasteiger partial charge in [0.1, 0.15) is 0 Å². The average Bonchev–Trinajstić information content (AvgIpc) is 1.18. The molecule has 1 aliphatic carbocycles. The number of nitrogens with one attached hydrogen (secondary N) is 1. The lowest BCUT2D eigenvalue weighted by Gasteiger charge is -2.46. The SMILES string of the molecule is CC(C)(C)CC(=O)N1CCC(CN2CCNCC2)CC1.CC(C)(C)CC(=O)N1CCN(C2CCC(C#N)CC2)CC1.CC(C)(C)Cc1cn(C2CCN(C3CCOC3)CC2)nn1.CN1CCN(C(=O)CC(C)(C)C)CC1.COCCN1CCN(C(=O)CC(C)(C)C)CC1.C[C@@H]1CN(CC2CCN(C(=O)CC(C)(C)C)CC2)CCN1CC(=O)N(C)C.C[C@@H]1CN(CC2CCN(C(=O)CC(C)(C)C)CC2)[C@@H](C)CN1CC(=O)N(C)C. The third-order valence-electron chi connectivity index (χ3n) is 31.3. The number of likely N-dealkylation sites (tertiary alicyclic amines) is 4. The molecular weight excluding hydrogens is 1860 g/mol. The highest BCUT2D eigenvalue weighted by molar-refractivity contribution is 5.80. The first-order chi connectivity index (χ1) is 69.1. The maximum absolute atomic E-state index is 12.5. The molecule has 0 spiro atoms. The topological polar surface area (TPSA) is 277 Å². The van der Waals surface area contributed by atoms with Gasteiger partial charge in [-0.05, 0) is 173 Å². The van der Waals surface area contributed by atoms with Crippen LogP contribution in [0.15, 0.2) is 6.20 Å². The Morgan fingerprint density at radius 3 is 1.14 bits per heavy atom. The fourth-order valence-corrected chi connectivity index (χ4v) is 22.1. The summed E-state index contributed by atoms with van der Waals surface area (Å²) in [6.07, 6.45) is 21.8. The molecule has 1 unspecified atom stereocenters. The van der Waals surface area contributed by atoms with E-state index in [9.17, 15) is 38.4 Å². The van der Waals surface area contributed by atoms with E-state index in [1.54, 1.807) is 16.9 Å². The van der Waals surface area contributed by atoms with Gasteiger partial charge in [-0.3, -0.25) is 67.8 Å². The van der Waals surface area contributed by atoms with E-state index in [4.69, 9.17) is 14.7 Å². The normalized spacial score (nSPS) is 23.9. The van der Waals surface area contributed by atoms with E-state index < -0.39 is 0 Å². The number of ether oxygens (including phenoxy) is 2. The summed E-state index contributed by atoms with van der Waals surface area (Å²) in [6, 6.07) is 5.48. The minimum absolute atomic E-state index is 0.0626. The van der Waals surface area contributed by atoms with Gasteiger partial charge in [-0.2, -0.15) is 5.26 Å². The van der Waals surface area contributed by atoms with Crippen LogP contribution in [-0.2, 0) is 54.3 Å². The van der Waals surface area contributed by atoms with E-state index in [0.29, 0.717) is 135 Å². The van der Waals surface area contributed by atoms with E-state index in [-0.39, 0.29) is 55.6 Å². The van der Waals surface area contributed by atoms with Gasteiger partial charge in [-0.25, -0.2) is 4.68 Å². The Labute approximate surface area is 900 Å². The Balaban J connectivity index is 0.000000236. The van der Waals surface area contributed by atoms with Crippen LogP contribution in [0.1, 0.15) is 300 Å². The maximum atomic E-state index is 12.5. The van der Waals surface area contributed by atoms with Crippen LogP contribution in [-0.4, -0.2) is 467 Å². The highest BCUT2D eigenvalue weighted by Gasteiger charge is 2.39. The van der Waals surface area contributed by atoms with Crippen LogP contribution >= 0.6 is 0 Å². The number of methoxy groups -OCH3 is 1. The molecule has 1 aromatic rings. The molecule has 12 fully saturated rings. The van der Waals surface area contributed by atoms with Gasteiger partial charge < -0.3 is 68.7 Å². The van der Waals surface area contributed by atoms with Gasteiger partial charge in [0, 0.05) is 339 Å². The van der Waals surface area contributed by atoms with Crippen molar-refractivity contribution in [3.05, 3.63) is 11.9 Å². The van der Waals surface area contributed by atoms with Crippen molar-refractivity contribution in [1.29, 1.82) is 5.26 Å². The van der Waals surface area contributed by atoms with Gasteiger partial charge in [-0.15, -0.1) is 5.10 Å². The summed E-state index contributed by atoms with van der Waals surface area (Å²) in [7, 11) is 11.1. The molecule has 1 aromatic heterocycles. The fraction of sp³-hybridized carbons (Fsp3) is 0.905. The first kappa shape index (κ1) is 129. The number of carbonyl (C=O) groups excluding carboxylic acids is 8. The Morgan fingerprint density at radius 1 is 0.392 bits per heavy atom. The molecule has 852 valence electrons. The van der Waals surface area contributed by atoms with E-state index >= 15 is 0 Å². The Kier molecular flexibility index (Phi) is 53.5. The smallest absolute Gasteiger partial charge is 0.236 e. The Hall–Kier alpha value is -6.09. The van der Waals surface area contributed by atoms with Crippen molar-refractivity contribution < 1.29 is 47.8 Å². The zero-order valence-electron chi connectivity index (χ0n) is 99.8. The quantitative estimate of drug-likeness (QED) is 0.107. The molecule has 4 atom stereocenters. The van der Waals surface area contributed by atoms with Crippen LogP contribution in [0, 0.1) is 72.9 Å². The molecule has 12 aliphatic rings. The Morgan fingerprint density at radius 2 is 0.757 bits per heavy atom. The number of hydrogen-bond acceptors (Lipinski definition) is 23. The van der Waals surface area contributed by atoms with Crippen molar-refractivity contribution in [3.8, 4) is 6.07 Å². The summed E-state index contributed by atoms with van der Waals surface area (Å²) in [6.45, 7) is 88.5. The number of rotatable bonds is 23. The van der Waals surface area contributed by atoms with Crippen molar-refractivity contribution in [3.63, 3.8) is 0 Å². The van der Waals surface area contributed by atoms with Crippen LogP contribution in [0.4, 0.5) is 0 Å². The Bertz CT molecular complexity index is 4060. The second-order valence-electron chi connectivity index (χ2n) is 54.8. The summed E-state index contributed by atoms with van der Waals surface area (Å²) in [5.41, 5.74) is 1.90. The number of piperidine rings is 4. The van der Waals surface area contributed by atoms with Gasteiger partial charge in [0.2, 0.25) is 47.3 Å². The molecular formula is C116H218N22O10. The van der Waals surface area contributed by atoms with Gasteiger partial charge in [0.15, 0.2) is 0 Å². The highest BCUT2D eigenvalue weighted by Crippen LogP contribution is 2.35. The number of aromatic nitrogens is 3. The molecule has 148 heavy (non-hydrogen) atoms. The van der Waals surface area contributed by atoms with Crippen molar-refractivity contribution >= 4 is 47.3 Å². The van der Waals surface area contributed by atoms with Crippen molar-refractivity contribution in [2.24, 2.45) is 61.6 Å². The van der Waals surface area contributed by atoms with Crippen LogP contribution < -0.4 is 5.32 Å². The predicted molar refractivity (Wildman–Crippen MR) is 599 cm³/mol. The second kappa shape index (κ2) is 61.4. The molecule has 1 saturated carbocycles. The average molecular weight is 2080 g/mol. The zero-order valence-corrected chi connectivity index (χ0v) is 99.8. The minimum Gasteiger partial charge on any atom is -0.383 e. The third kappa shape index (κ3) is 50.2. The molecule has 11 saturated heterocycles. The van der Waals surface area contributed by atoms with Crippen LogP contribution in [0.3, 0.4) is 0 Å². The van der Waals surface area contributed by atoms with Gasteiger partial charge in [0.25, 0.3) is 0 Å². The number of likely N-dealkylation sites (N-methyl/N-ethyl adjacent to an activating group) is 3. The lowest BCUT2D eigenvalue weighted by molar-refractivity contribution is -0.136. The monoisotopic (exact) mass is 2080 g/mol. The number of carbonyl (C=O) groups is 8. The largest absolute Gasteiger partial charge is 0.383 e. The van der Waals surface area contributed by atoms with Crippen molar-refractivity contribution in [2.45, 2.75) is 331 Å². The number of amides is 8. The molecule has 1 N–H and O–H groups in total. The van der Waals surface area contributed by atoms with E-state index in [1.807, 2.05) is 42.9 Å². The lowest BCUT2D eigenvalue weighted by Crippen LogP contribution is -2.59. The molecule has 12 heterocycles. The molecule has 0 aromatic carbocycles. The number of nitrogens with zero attached hydrogens (tertiary/aromatic N) is 21. The van der Waals surface area contributed by atoms with Gasteiger partial charge in [0.05, 0.1) is 44.1 Å². The third-order valence-corrected chi connectivity index (χ3v) is 31.3. The molecule has 11 aliphatic heterocycles. The van der Waals surface area contributed by atoms with Gasteiger partial charge in [-0.1, -0.05) is 151 Å². The summed E-state index contributed by atoms with van der Waals surface area (Å²) in [5.74, 6) is 4.66. The molecule has 13 rings (SSSR count). The van der Waals surface area contributed by atoms with Crippen molar-refractivity contribution in [2.75, 3.05) is 291 Å². The molecule has 32 nitrogen and oxygen atoms in total. The van der Waals surface area contributed by atoms with E-state index in [2.05, 4.69) is 265 Å². The predicted octanol–water partition coefficient (Wildman–Crippen LogP) is 12.8. The fourth-order valence-electron chi connectivity index (χ4n) is 22.1. The number of piperazine rings is 6. The van der Waals surface area contributed by atoms with Crippen LogP contribution in [0.5, 0.6) is 0 Å². The minimum atomic E-state index is 0.0626. The van der Waals surface area contributed by atoms with E-state index in [1.165, 1.54) is 51.7 Å². The number of nitriles is 1. The first-order valence-corrected chi connectivity index (χ1v) is 57.9. The highest BCUT2D eigenvalue weighted by atomic mass is 16.5. The lowest BCUT2D eigenvalue weighted by atomic mass is 9.86. The second-order valence-corrected chi connectivity index (χ2v) is 54.8. The summed E-state index contributed by atoms with van der Waals surface area (Å²) in [4.78, 5) is 135. The summed E-state index contributed by atoms with van der Waals surface area (Å²) >= 11 is 0. The zero-order chi connectivity index (χ0) is 110. The maximum Gasteiger partial charge on any atom is 0.236 e. The van der Waals surface area contributed by atoms with Crippen molar-refractivity contribution in [1.82, 2.24) is 104 Å². The summed E-state index contributed by atoms with van der Waals surface area (Å²) < 4.78 is 12.7. The van der Waals surface area contributed by atoms with Gasteiger partial charge >= 0.3 is 0 Å². The first-order valence-electron chi connectivity index (χ1n) is 57.9. The molecule has 32 heteroatoms. The molecule has 0 bridgehead atoms. The summed E-state index contributed by atoms with van der Waals surface area (Å²) in [5, 5.41) is 21.1. The van der Waals surface area contributed by atoms with E-state index in [0.717, 1.165) is 286 Å². The standard InChI is InChI=1S/C22H42N4O2.C21H40N4O2.C17H29N3O.C16H28N4O.C16H31N3O.C13H26N2O2.C11H22N2O/c1-17-14-26(16-21(28)23(6)7)18(2)13-25(17)15-19-8-10-24(11-9-19)20(27)12-22(3,4)5;1-17-14-23(11-12-25(17)16-20(27)22(5)6)15-18-7-9-24(10-8-18)19(26)13-21(2,3)4;1-17(2,3)12-16(21)20-10-8-19(9-11-20)15-6-4-14(13-18)5-7-15;1-16(2,3)10-13-11-20(18-17-13)14-4-7-19(8-5-14)15-6-9-21-12-15;1-16(2,3)12-15(20)19-8-4-14(5-9-19)13-18-10-6-17-7-11-18;1-13(2,3)11-12(16)15-7-5-14(6-8-15)9-10-17-4;1-11(2,3)9-10(14)13-7-5-12(4)6-8-13/h17-19H,8-16H2,1-7H3;17-18H,7-16H2,1-6H3;14-15H,4-12H2,1-3H3;11,14-15H,4-10,12H2,1-3H3;14,17H,4-13H2,1-3H3;5-11H2,1-4H3;5-9H2,1-4H3/t17-,18+;17-;;;;;/m01...../s1. The molecule has 8 amide bonds.